The maximum atomic E-state index is 12.4. The average molecular weight is 399 g/mol. The summed E-state index contributed by atoms with van der Waals surface area (Å²) < 4.78 is 16.3. The van der Waals surface area contributed by atoms with E-state index in [1.54, 1.807) is 37.3 Å². The fourth-order valence-corrected chi connectivity index (χ4v) is 3.26. The molecule has 0 amide bonds. The standard InChI is InChI=1S/C24H17NO5/c1-15(29-19-9-6-16(13-25)7-10-19)24(27)28-14-18-12-22(26)30-21-11-8-17-4-2-3-5-20(17)23(18)21/h2-12,15H,14H2,1H3/t15-/m1/s1. The van der Waals surface area contributed by atoms with Crippen molar-refractivity contribution < 1.29 is 18.7 Å². The summed E-state index contributed by atoms with van der Waals surface area (Å²) in [5, 5.41) is 11.5. The van der Waals surface area contributed by atoms with Crippen molar-refractivity contribution in [3.63, 3.8) is 0 Å². The van der Waals surface area contributed by atoms with E-state index < -0.39 is 17.7 Å². The number of nitriles is 1. The summed E-state index contributed by atoms with van der Waals surface area (Å²) in [6.07, 6.45) is -0.860. The SMILES string of the molecule is C[C@@H](Oc1ccc(C#N)cc1)C(=O)OCc1cc(=O)oc2ccc3ccccc3c12. The molecule has 0 aliphatic rings. The molecule has 6 heteroatoms. The Morgan fingerprint density at radius 3 is 2.63 bits per heavy atom. The minimum absolute atomic E-state index is 0.0873. The number of fused-ring (bicyclic) bond motifs is 3. The molecule has 0 fully saturated rings. The second-order valence-corrected chi connectivity index (χ2v) is 6.75. The topological polar surface area (TPSA) is 89.5 Å². The number of carbonyl (C=O) groups is 1. The molecule has 148 valence electrons. The van der Waals surface area contributed by atoms with Crippen molar-refractivity contribution in [2.24, 2.45) is 0 Å². The summed E-state index contributed by atoms with van der Waals surface area (Å²) in [6, 6.07) is 21.1. The second-order valence-electron chi connectivity index (χ2n) is 6.75. The van der Waals surface area contributed by atoms with E-state index in [0.717, 1.165) is 16.2 Å². The van der Waals surface area contributed by atoms with Gasteiger partial charge in [0.2, 0.25) is 0 Å². The molecule has 0 N–H and O–H groups in total. The summed E-state index contributed by atoms with van der Waals surface area (Å²) >= 11 is 0. The van der Waals surface area contributed by atoms with Gasteiger partial charge in [0, 0.05) is 17.0 Å². The number of benzene rings is 3. The smallest absolute Gasteiger partial charge is 0.347 e. The average Bonchev–Trinajstić information content (AvgIpc) is 2.77. The van der Waals surface area contributed by atoms with E-state index >= 15 is 0 Å². The number of hydrogen-bond acceptors (Lipinski definition) is 6. The molecule has 6 nitrogen and oxygen atoms in total. The van der Waals surface area contributed by atoms with Gasteiger partial charge in [0.15, 0.2) is 6.10 Å². The Hall–Kier alpha value is -4.11. The molecule has 0 bridgehead atoms. The fraction of sp³-hybridized carbons (Fsp3) is 0.125. The number of nitrogens with zero attached hydrogens (tertiary/aromatic N) is 1. The van der Waals surface area contributed by atoms with Gasteiger partial charge in [0.05, 0.1) is 11.6 Å². The van der Waals surface area contributed by atoms with E-state index in [9.17, 15) is 9.59 Å². The minimum Gasteiger partial charge on any atom is -0.479 e. The van der Waals surface area contributed by atoms with E-state index in [4.69, 9.17) is 19.2 Å². The van der Waals surface area contributed by atoms with Crippen LogP contribution in [-0.4, -0.2) is 12.1 Å². The first-order valence-electron chi connectivity index (χ1n) is 9.33. The van der Waals surface area contributed by atoms with Crippen LogP contribution >= 0.6 is 0 Å². The maximum absolute atomic E-state index is 12.4. The lowest BCUT2D eigenvalue weighted by Gasteiger charge is -2.15. The monoisotopic (exact) mass is 399 g/mol. The number of rotatable bonds is 5. The zero-order chi connectivity index (χ0) is 21.1. The first-order chi connectivity index (χ1) is 14.5. The van der Waals surface area contributed by atoms with E-state index in [0.29, 0.717) is 22.5 Å². The summed E-state index contributed by atoms with van der Waals surface area (Å²) in [7, 11) is 0. The molecule has 1 atom stereocenters. The van der Waals surface area contributed by atoms with Crippen LogP contribution < -0.4 is 10.4 Å². The first-order valence-corrected chi connectivity index (χ1v) is 9.33. The third kappa shape index (κ3) is 3.87. The molecule has 3 aromatic carbocycles. The van der Waals surface area contributed by atoms with Crippen molar-refractivity contribution >= 4 is 27.7 Å². The van der Waals surface area contributed by atoms with Gasteiger partial charge in [-0.2, -0.15) is 5.26 Å². The predicted molar refractivity (Wildman–Crippen MR) is 111 cm³/mol. The Morgan fingerprint density at radius 2 is 1.87 bits per heavy atom. The molecule has 30 heavy (non-hydrogen) atoms. The van der Waals surface area contributed by atoms with Crippen LogP contribution in [0.25, 0.3) is 21.7 Å². The fourth-order valence-electron chi connectivity index (χ4n) is 3.26. The first kappa shape index (κ1) is 19.2. The summed E-state index contributed by atoms with van der Waals surface area (Å²) in [4.78, 5) is 24.4. The normalized spacial score (nSPS) is 11.7. The lowest BCUT2D eigenvalue weighted by molar-refractivity contribution is -0.152. The highest BCUT2D eigenvalue weighted by atomic mass is 16.6. The third-order valence-electron chi connectivity index (χ3n) is 4.71. The van der Waals surface area contributed by atoms with Gasteiger partial charge in [-0.05, 0) is 48.0 Å². The summed E-state index contributed by atoms with van der Waals surface area (Å²) in [5.74, 6) is -0.115. The maximum Gasteiger partial charge on any atom is 0.347 e. The molecule has 0 aliphatic heterocycles. The van der Waals surface area contributed by atoms with Crippen LogP contribution in [0, 0.1) is 11.3 Å². The number of ether oxygens (including phenoxy) is 2. The molecule has 0 radical (unpaired) electrons. The number of carbonyl (C=O) groups excluding carboxylic acids is 1. The minimum atomic E-state index is -0.860. The highest BCUT2D eigenvalue weighted by molar-refractivity contribution is 6.07. The van der Waals surface area contributed by atoms with Crippen LogP contribution in [0.3, 0.4) is 0 Å². The number of esters is 1. The van der Waals surface area contributed by atoms with Gasteiger partial charge in [-0.3, -0.25) is 0 Å². The van der Waals surface area contributed by atoms with Gasteiger partial charge in [0.1, 0.15) is 17.9 Å². The van der Waals surface area contributed by atoms with Gasteiger partial charge >= 0.3 is 11.6 Å². The van der Waals surface area contributed by atoms with Crippen molar-refractivity contribution in [1.29, 1.82) is 5.26 Å². The highest BCUT2D eigenvalue weighted by Gasteiger charge is 2.18. The van der Waals surface area contributed by atoms with Crippen molar-refractivity contribution in [1.82, 2.24) is 0 Å². The van der Waals surface area contributed by atoms with Crippen molar-refractivity contribution in [2.75, 3.05) is 0 Å². The van der Waals surface area contributed by atoms with Crippen LogP contribution in [0.2, 0.25) is 0 Å². The molecule has 0 saturated carbocycles. The van der Waals surface area contributed by atoms with Gasteiger partial charge in [-0.25, -0.2) is 9.59 Å². The third-order valence-corrected chi connectivity index (χ3v) is 4.71. The Morgan fingerprint density at radius 1 is 1.10 bits per heavy atom. The van der Waals surface area contributed by atoms with Crippen LogP contribution in [0.1, 0.15) is 18.1 Å². The predicted octanol–water partition coefficient (Wildman–Crippen LogP) is 4.33. The van der Waals surface area contributed by atoms with Gasteiger partial charge in [-0.1, -0.05) is 30.3 Å². The van der Waals surface area contributed by atoms with Crippen LogP contribution in [0.4, 0.5) is 0 Å². The van der Waals surface area contributed by atoms with Crippen molar-refractivity contribution in [2.45, 2.75) is 19.6 Å². The largest absolute Gasteiger partial charge is 0.479 e. The summed E-state index contributed by atoms with van der Waals surface area (Å²) in [6.45, 7) is 1.49. The quantitative estimate of drug-likeness (QED) is 0.282. The molecule has 4 rings (SSSR count). The summed E-state index contributed by atoms with van der Waals surface area (Å²) in [5.41, 5.74) is 0.997. The molecular weight excluding hydrogens is 382 g/mol. The molecule has 0 saturated heterocycles. The van der Waals surface area contributed by atoms with E-state index in [1.807, 2.05) is 36.4 Å². The molecule has 1 heterocycles. The molecule has 0 unspecified atom stereocenters. The van der Waals surface area contributed by atoms with Gasteiger partial charge in [0.25, 0.3) is 0 Å². The molecular formula is C24H17NO5. The number of hydrogen-bond donors (Lipinski definition) is 0. The highest BCUT2D eigenvalue weighted by Crippen LogP contribution is 2.28. The lowest BCUT2D eigenvalue weighted by Crippen LogP contribution is -2.26. The Kier molecular flexibility index (Phi) is 5.19. The lowest BCUT2D eigenvalue weighted by atomic mass is 10.0. The Balaban J connectivity index is 1.55. The van der Waals surface area contributed by atoms with E-state index in [-0.39, 0.29) is 6.61 Å². The van der Waals surface area contributed by atoms with Crippen LogP contribution in [0.5, 0.6) is 5.75 Å². The van der Waals surface area contributed by atoms with Crippen LogP contribution in [0.15, 0.2) is 75.9 Å². The Labute approximate surface area is 171 Å². The Bertz CT molecular complexity index is 1330. The zero-order valence-electron chi connectivity index (χ0n) is 16.1. The molecule has 1 aromatic heterocycles. The van der Waals surface area contributed by atoms with Gasteiger partial charge in [-0.15, -0.1) is 0 Å². The van der Waals surface area contributed by atoms with Gasteiger partial charge < -0.3 is 13.9 Å². The second kappa shape index (κ2) is 8.10. The van der Waals surface area contributed by atoms with E-state index in [2.05, 4.69) is 0 Å². The zero-order valence-corrected chi connectivity index (χ0v) is 16.1. The van der Waals surface area contributed by atoms with Crippen molar-refractivity contribution in [3.05, 3.63) is 88.3 Å². The molecule has 0 aliphatic carbocycles. The van der Waals surface area contributed by atoms with E-state index in [1.165, 1.54) is 6.07 Å². The van der Waals surface area contributed by atoms with Crippen molar-refractivity contribution in [3.8, 4) is 11.8 Å². The molecule has 0 spiro atoms. The van der Waals surface area contributed by atoms with Crippen LogP contribution in [-0.2, 0) is 16.1 Å². The molecule has 4 aromatic rings.